The van der Waals surface area contributed by atoms with Crippen LogP contribution < -0.4 is 4.74 Å². The number of alkyl halides is 3. The number of hydrogen-bond acceptors (Lipinski definition) is 3. The van der Waals surface area contributed by atoms with Gasteiger partial charge in [0.15, 0.2) is 0 Å². The average Bonchev–Trinajstić information content (AvgIpc) is 2.30. The van der Waals surface area contributed by atoms with E-state index in [1.54, 1.807) is 6.92 Å². The van der Waals surface area contributed by atoms with Crippen molar-refractivity contribution in [2.45, 2.75) is 19.7 Å². The molecular formula is C13H12F4O3. The highest BCUT2D eigenvalue weighted by molar-refractivity contribution is 5.72. The summed E-state index contributed by atoms with van der Waals surface area (Å²) in [5.41, 5.74) is 0.0452. The lowest BCUT2D eigenvalue weighted by atomic mass is 10.2. The van der Waals surface area contributed by atoms with E-state index in [0.29, 0.717) is 6.07 Å². The first-order valence-corrected chi connectivity index (χ1v) is 5.69. The van der Waals surface area contributed by atoms with Crippen molar-refractivity contribution in [2.24, 2.45) is 0 Å². The van der Waals surface area contributed by atoms with Crippen molar-refractivity contribution in [3.8, 4) is 5.75 Å². The number of ether oxygens (including phenoxy) is 2. The van der Waals surface area contributed by atoms with Crippen molar-refractivity contribution in [1.29, 1.82) is 0 Å². The largest absolute Gasteiger partial charge is 0.573 e. The monoisotopic (exact) mass is 292 g/mol. The summed E-state index contributed by atoms with van der Waals surface area (Å²) < 4.78 is 57.5. The molecule has 0 spiro atoms. The van der Waals surface area contributed by atoms with Gasteiger partial charge in [-0.1, -0.05) is 12.2 Å². The van der Waals surface area contributed by atoms with Crippen LogP contribution in [-0.4, -0.2) is 18.9 Å². The summed E-state index contributed by atoms with van der Waals surface area (Å²) in [6.45, 7) is 1.89. The van der Waals surface area contributed by atoms with Crippen molar-refractivity contribution in [3.63, 3.8) is 0 Å². The molecule has 0 aliphatic heterocycles. The Morgan fingerprint density at radius 3 is 2.60 bits per heavy atom. The van der Waals surface area contributed by atoms with Gasteiger partial charge in [-0.25, -0.2) is 4.39 Å². The van der Waals surface area contributed by atoms with Gasteiger partial charge in [0.1, 0.15) is 11.6 Å². The van der Waals surface area contributed by atoms with Crippen LogP contribution in [0.15, 0.2) is 24.3 Å². The van der Waals surface area contributed by atoms with Gasteiger partial charge >= 0.3 is 12.3 Å². The van der Waals surface area contributed by atoms with Crippen molar-refractivity contribution in [1.82, 2.24) is 0 Å². The highest BCUT2D eigenvalue weighted by Crippen LogP contribution is 2.24. The Bertz CT molecular complexity index is 495. The molecule has 0 unspecified atom stereocenters. The quantitative estimate of drug-likeness (QED) is 0.613. The fourth-order valence-electron chi connectivity index (χ4n) is 1.34. The van der Waals surface area contributed by atoms with Gasteiger partial charge in [-0.3, -0.25) is 4.79 Å². The second kappa shape index (κ2) is 6.93. The number of halogens is 4. The molecule has 20 heavy (non-hydrogen) atoms. The average molecular weight is 292 g/mol. The van der Waals surface area contributed by atoms with Crippen molar-refractivity contribution in [3.05, 3.63) is 35.7 Å². The van der Waals surface area contributed by atoms with Crippen LogP contribution in [0, 0.1) is 5.82 Å². The van der Waals surface area contributed by atoms with Gasteiger partial charge < -0.3 is 9.47 Å². The Balaban J connectivity index is 2.69. The summed E-state index contributed by atoms with van der Waals surface area (Å²) in [4.78, 5) is 11.0. The molecule has 1 aromatic carbocycles. The van der Waals surface area contributed by atoms with Gasteiger partial charge in [-0.2, -0.15) is 0 Å². The molecule has 1 rings (SSSR count). The van der Waals surface area contributed by atoms with E-state index in [1.807, 2.05) is 0 Å². The summed E-state index contributed by atoms with van der Waals surface area (Å²) >= 11 is 0. The zero-order valence-corrected chi connectivity index (χ0v) is 10.5. The first-order valence-electron chi connectivity index (χ1n) is 5.69. The molecule has 0 atom stereocenters. The van der Waals surface area contributed by atoms with Gasteiger partial charge in [0.2, 0.25) is 0 Å². The molecule has 3 nitrogen and oxygen atoms in total. The van der Waals surface area contributed by atoms with Crippen LogP contribution in [0.3, 0.4) is 0 Å². The van der Waals surface area contributed by atoms with E-state index >= 15 is 0 Å². The molecule has 0 amide bonds. The molecule has 0 aliphatic rings. The number of carbonyl (C=O) groups is 1. The molecule has 7 heteroatoms. The second-order valence-electron chi connectivity index (χ2n) is 3.64. The summed E-state index contributed by atoms with van der Waals surface area (Å²) in [5.74, 6) is -1.99. The maximum atomic E-state index is 13.5. The Morgan fingerprint density at radius 2 is 2.05 bits per heavy atom. The second-order valence-corrected chi connectivity index (χ2v) is 3.64. The van der Waals surface area contributed by atoms with Gasteiger partial charge in [-0.05, 0) is 19.1 Å². The zero-order chi connectivity index (χ0) is 15.2. The third-order valence-electron chi connectivity index (χ3n) is 2.09. The molecule has 110 valence electrons. The summed E-state index contributed by atoms with van der Waals surface area (Å²) in [5, 5.41) is 0. The summed E-state index contributed by atoms with van der Waals surface area (Å²) in [6.07, 6.45) is -2.27. The van der Waals surface area contributed by atoms with Crippen LogP contribution >= 0.6 is 0 Å². The normalized spacial score (nSPS) is 11.7. The standard InChI is InChI=1S/C13H12F4O3/c1-2-19-12(18)5-3-4-9-6-7-10(8-11(9)14)20-13(15,16)17/h3-4,6-8H,2,5H2,1H3. The van der Waals surface area contributed by atoms with Gasteiger partial charge in [0.05, 0.1) is 13.0 Å². The van der Waals surface area contributed by atoms with Gasteiger partial charge in [0, 0.05) is 11.6 Å². The van der Waals surface area contributed by atoms with Crippen LogP contribution in [0.5, 0.6) is 5.75 Å². The van der Waals surface area contributed by atoms with E-state index in [2.05, 4.69) is 9.47 Å². The molecule has 0 radical (unpaired) electrons. The third kappa shape index (κ3) is 5.73. The summed E-state index contributed by atoms with van der Waals surface area (Å²) in [6, 6.07) is 2.73. The highest BCUT2D eigenvalue weighted by Gasteiger charge is 2.31. The number of carbonyl (C=O) groups excluding carboxylic acids is 1. The first-order chi connectivity index (χ1) is 9.31. The van der Waals surface area contributed by atoms with Crippen LogP contribution in [0.1, 0.15) is 18.9 Å². The van der Waals surface area contributed by atoms with Crippen LogP contribution in [-0.2, 0) is 9.53 Å². The minimum absolute atomic E-state index is 0.0452. The molecule has 0 aromatic heterocycles. The predicted molar refractivity (Wildman–Crippen MR) is 63.4 cm³/mol. The van der Waals surface area contributed by atoms with Crippen molar-refractivity contribution < 1.29 is 31.8 Å². The molecule has 0 heterocycles. The lowest BCUT2D eigenvalue weighted by Crippen LogP contribution is -2.17. The fraction of sp³-hybridized carbons (Fsp3) is 0.308. The van der Waals surface area contributed by atoms with Crippen molar-refractivity contribution >= 4 is 12.0 Å². The Hall–Kier alpha value is -2.05. The number of benzene rings is 1. The maximum absolute atomic E-state index is 13.5. The van der Waals surface area contributed by atoms with Crippen LogP contribution in [0.2, 0.25) is 0 Å². The lowest BCUT2D eigenvalue weighted by molar-refractivity contribution is -0.274. The fourth-order valence-corrected chi connectivity index (χ4v) is 1.34. The Morgan fingerprint density at radius 1 is 1.35 bits per heavy atom. The molecule has 0 aliphatic carbocycles. The van der Waals surface area contributed by atoms with Crippen LogP contribution in [0.4, 0.5) is 17.6 Å². The van der Waals surface area contributed by atoms with E-state index in [4.69, 9.17) is 0 Å². The smallest absolute Gasteiger partial charge is 0.466 e. The van der Waals surface area contributed by atoms with Crippen LogP contribution in [0.25, 0.3) is 6.08 Å². The van der Waals surface area contributed by atoms with E-state index in [1.165, 1.54) is 12.2 Å². The molecule has 0 saturated heterocycles. The van der Waals surface area contributed by atoms with E-state index in [-0.39, 0.29) is 18.6 Å². The molecule has 0 bridgehead atoms. The molecule has 0 N–H and O–H groups in total. The lowest BCUT2D eigenvalue weighted by Gasteiger charge is -2.09. The van der Waals surface area contributed by atoms with Gasteiger partial charge in [0.25, 0.3) is 0 Å². The third-order valence-corrected chi connectivity index (χ3v) is 2.09. The molecule has 1 aromatic rings. The van der Waals surface area contributed by atoms with Crippen molar-refractivity contribution in [2.75, 3.05) is 6.61 Å². The highest BCUT2D eigenvalue weighted by atomic mass is 19.4. The SMILES string of the molecule is CCOC(=O)CC=Cc1ccc(OC(F)(F)F)cc1F. The maximum Gasteiger partial charge on any atom is 0.573 e. The number of esters is 1. The zero-order valence-electron chi connectivity index (χ0n) is 10.5. The van der Waals surface area contributed by atoms with E-state index in [0.717, 1.165) is 12.1 Å². The molecule has 0 saturated carbocycles. The Labute approximate surface area is 112 Å². The molecular weight excluding hydrogens is 280 g/mol. The minimum Gasteiger partial charge on any atom is -0.466 e. The first kappa shape index (κ1) is 16.0. The molecule has 0 fully saturated rings. The van der Waals surface area contributed by atoms with Gasteiger partial charge in [-0.15, -0.1) is 13.2 Å². The topological polar surface area (TPSA) is 35.5 Å². The number of hydrogen-bond donors (Lipinski definition) is 0. The van der Waals surface area contributed by atoms with E-state index < -0.39 is 23.9 Å². The Kier molecular flexibility index (Phi) is 5.54. The minimum atomic E-state index is -4.87. The summed E-state index contributed by atoms with van der Waals surface area (Å²) in [7, 11) is 0. The van der Waals surface area contributed by atoms with E-state index in [9.17, 15) is 22.4 Å². The number of rotatable bonds is 5. The predicted octanol–water partition coefficient (Wildman–Crippen LogP) is 3.69.